The third kappa shape index (κ3) is 6.24. The number of hydrogen-bond donors (Lipinski definition) is 3. The normalized spacial score (nSPS) is 12.8. The average Bonchev–Trinajstić information content (AvgIpc) is 3.71. The van der Waals surface area contributed by atoms with Crippen LogP contribution in [0.3, 0.4) is 0 Å². The zero-order chi connectivity index (χ0) is 25.5. The van der Waals surface area contributed by atoms with Gasteiger partial charge in [0.25, 0.3) is 5.91 Å². The number of anilines is 1. The van der Waals surface area contributed by atoms with Crippen LogP contribution < -0.4 is 25.4 Å². The van der Waals surface area contributed by atoms with Gasteiger partial charge in [0.2, 0.25) is 5.91 Å². The summed E-state index contributed by atoms with van der Waals surface area (Å²) >= 11 is 0. The number of nitrogens with zero attached hydrogens (tertiary/aromatic N) is 1. The maximum Gasteiger partial charge on any atom is 0.255 e. The number of methoxy groups -OCH3 is 2. The van der Waals surface area contributed by atoms with Crippen molar-refractivity contribution >= 4 is 28.4 Å². The Bertz CT molecular complexity index is 1220. The lowest BCUT2D eigenvalue weighted by molar-refractivity contribution is -0.120. The summed E-state index contributed by atoms with van der Waals surface area (Å²) < 4.78 is 10.8. The first kappa shape index (κ1) is 25.3. The van der Waals surface area contributed by atoms with Crippen LogP contribution in [0.5, 0.6) is 11.5 Å². The van der Waals surface area contributed by atoms with Crippen LogP contribution >= 0.6 is 0 Å². The summed E-state index contributed by atoms with van der Waals surface area (Å²) in [4.78, 5) is 30.2. The number of carbonyl (C=O) groups is 2. The molecule has 0 unspecified atom stereocenters. The van der Waals surface area contributed by atoms with Crippen LogP contribution in [0.2, 0.25) is 0 Å². The molecule has 3 aromatic rings. The van der Waals surface area contributed by atoms with Crippen molar-refractivity contribution in [3.05, 3.63) is 59.3 Å². The molecule has 8 nitrogen and oxygen atoms in total. The number of amides is 2. The monoisotopic (exact) mass is 490 g/mol. The van der Waals surface area contributed by atoms with Crippen molar-refractivity contribution in [3.8, 4) is 11.5 Å². The molecule has 4 rings (SSSR count). The molecule has 1 fully saturated rings. The quantitative estimate of drug-likeness (QED) is 0.329. The predicted molar refractivity (Wildman–Crippen MR) is 141 cm³/mol. The molecule has 0 atom stereocenters. The molecule has 0 bridgehead atoms. The van der Waals surface area contributed by atoms with Gasteiger partial charge in [-0.15, -0.1) is 0 Å². The molecule has 190 valence electrons. The summed E-state index contributed by atoms with van der Waals surface area (Å²) in [6, 6.07) is 11.7. The topological polar surface area (TPSA) is 102 Å². The van der Waals surface area contributed by atoms with Gasteiger partial charge in [-0.1, -0.05) is 25.5 Å². The van der Waals surface area contributed by atoms with E-state index in [-0.39, 0.29) is 24.3 Å². The van der Waals surface area contributed by atoms with Crippen molar-refractivity contribution in [2.75, 3.05) is 26.1 Å². The van der Waals surface area contributed by atoms with E-state index < -0.39 is 0 Å². The Kier molecular flexibility index (Phi) is 8.25. The van der Waals surface area contributed by atoms with Gasteiger partial charge in [0.15, 0.2) is 0 Å². The molecule has 1 aliphatic carbocycles. The molecule has 2 amide bonds. The van der Waals surface area contributed by atoms with Crippen molar-refractivity contribution in [2.45, 2.75) is 51.6 Å². The molecule has 2 aromatic carbocycles. The fraction of sp³-hybridized carbons (Fsp3) is 0.393. The van der Waals surface area contributed by atoms with Gasteiger partial charge in [0.1, 0.15) is 11.5 Å². The third-order valence-corrected chi connectivity index (χ3v) is 6.26. The number of aromatic nitrogens is 1. The molecule has 1 aromatic heterocycles. The fourth-order valence-electron chi connectivity index (χ4n) is 4.02. The molecular formula is C28H34N4O4. The Balaban J connectivity index is 1.69. The SMILES string of the molecule is CCCCNC(=O)Cc1cc2c(NCc3ccc(OC)cc3)c(C(=O)NC3CC3)cnc2cc1OC. The lowest BCUT2D eigenvalue weighted by Gasteiger charge is -2.17. The summed E-state index contributed by atoms with van der Waals surface area (Å²) in [7, 11) is 3.22. The molecule has 0 spiro atoms. The summed E-state index contributed by atoms with van der Waals surface area (Å²) in [5, 5.41) is 10.3. The van der Waals surface area contributed by atoms with Crippen LogP contribution in [0, 0.1) is 0 Å². The molecule has 1 aliphatic rings. The standard InChI is InChI=1S/C28H34N4O4/c1-4-5-12-29-26(33)14-19-13-22-24(15-25(19)36-3)30-17-23(28(34)32-20-8-9-20)27(22)31-16-18-6-10-21(35-2)11-7-18/h6-7,10-11,13,15,17,20H,4-5,8-9,12,14,16H2,1-3H3,(H,29,33)(H,30,31)(H,32,34). The van der Waals surface area contributed by atoms with Gasteiger partial charge < -0.3 is 25.4 Å². The van der Waals surface area contributed by atoms with Crippen molar-refractivity contribution < 1.29 is 19.1 Å². The van der Waals surface area contributed by atoms with E-state index in [2.05, 4.69) is 27.9 Å². The minimum absolute atomic E-state index is 0.0653. The molecular weight excluding hydrogens is 456 g/mol. The zero-order valence-corrected chi connectivity index (χ0v) is 21.1. The van der Waals surface area contributed by atoms with E-state index in [1.54, 1.807) is 20.4 Å². The first-order valence-electron chi connectivity index (χ1n) is 12.5. The van der Waals surface area contributed by atoms with Crippen molar-refractivity contribution in [3.63, 3.8) is 0 Å². The van der Waals surface area contributed by atoms with Gasteiger partial charge in [-0.3, -0.25) is 14.6 Å². The molecule has 0 aliphatic heterocycles. The third-order valence-electron chi connectivity index (χ3n) is 6.26. The summed E-state index contributed by atoms with van der Waals surface area (Å²) in [5.74, 6) is 1.16. The van der Waals surface area contributed by atoms with E-state index in [1.165, 1.54) is 0 Å². The number of unbranched alkanes of at least 4 members (excludes halogenated alkanes) is 1. The van der Waals surface area contributed by atoms with Crippen molar-refractivity contribution in [1.82, 2.24) is 15.6 Å². The zero-order valence-electron chi connectivity index (χ0n) is 21.1. The van der Waals surface area contributed by atoms with Crippen LogP contribution in [0.25, 0.3) is 10.9 Å². The molecule has 1 saturated carbocycles. The number of hydrogen-bond acceptors (Lipinski definition) is 6. The van der Waals surface area contributed by atoms with E-state index in [4.69, 9.17) is 9.47 Å². The predicted octanol–water partition coefficient (Wildman–Crippen LogP) is 4.22. The Morgan fingerprint density at radius 2 is 1.86 bits per heavy atom. The molecule has 0 saturated heterocycles. The largest absolute Gasteiger partial charge is 0.497 e. The van der Waals surface area contributed by atoms with Crippen molar-refractivity contribution in [1.29, 1.82) is 0 Å². The van der Waals surface area contributed by atoms with Gasteiger partial charge >= 0.3 is 0 Å². The van der Waals surface area contributed by atoms with Crippen LogP contribution in [-0.2, 0) is 17.8 Å². The highest BCUT2D eigenvalue weighted by atomic mass is 16.5. The van der Waals surface area contributed by atoms with Gasteiger partial charge in [-0.25, -0.2) is 0 Å². The van der Waals surface area contributed by atoms with Crippen LogP contribution in [0.4, 0.5) is 5.69 Å². The lowest BCUT2D eigenvalue weighted by Crippen LogP contribution is -2.27. The minimum Gasteiger partial charge on any atom is -0.497 e. The fourth-order valence-corrected chi connectivity index (χ4v) is 4.02. The lowest BCUT2D eigenvalue weighted by atomic mass is 10.0. The molecule has 1 heterocycles. The average molecular weight is 491 g/mol. The first-order chi connectivity index (χ1) is 17.5. The highest BCUT2D eigenvalue weighted by Gasteiger charge is 2.26. The number of nitrogens with one attached hydrogen (secondary N) is 3. The summed E-state index contributed by atoms with van der Waals surface area (Å²) in [6.07, 6.45) is 5.72. The van der Waals surface area contributed by atoms with E-state index in [0.717, 1.165) is 47.9 Å². The highest BCUT2D eigenvalue weighted by Crippen LogP contribution is 2.33. The van der Waals surface area contributed by atoms with Gasteiger partial charge in [0, 0.05) is 42.3 Å². The molecule has 3 N–H and O–H groups in total. The van der Waals surface area contributed by atoms with Crippen molar-refractivity contribution in [2.24, 2.45) is 0 Å². The Morgan fingerprint density at radius 1 is 1.08 bits per heavy atom. The minimum atomic E-state index is -0.154. The van der Waals surface area contributed by atoms with E-state index in [1.807, 2.05) is 36.4 Å². The second-order valence-electron chi connectivity index (χ2n) is 9.06. The number of pyridine rings is 1. The van der Waals surface area contributed by atoms with E-state index in [9.17, 15) is 9.59 Å². The maximum absolute atomic E-state index is 13.1. The number of ether oxygens (including phenoxy) is 2. The van der Waals surface area contributed by atoms with Gasteiger partial charge in [-0.05, 0) is 43.0 Å². The highest BCUT2D eigenvalue weighted by molar-refractivity contribution is 6.07. The summed E-state index contributed by atoms with van der Waals surface area (Å²) in [5.41, 5.74) is 3.63. The van der Waals surface area contributed by atoms with Crippen LogP contribution in [0.1, 0.15) is 54.1 Å². The van der Waals surface area contributed by atoms with Crippen LogP contribution in [0.15, 0.2) is 42.6 Å². The van der Waals surface area contributed by atoms with E-state index in [0.29, 0.717) is 35.6 Å². The van der Waals surface area contributed by atoms with Gasteiger partial charge in [0.05, 0.1) is 37.4 Å². The smallest absolute Gasteiger partial charge is 0.255 e. The number of carbonyl (C=O) groups excluding carboxylic acids is 2. The Labute approximate surface area is 211 Å². The first-order valence-corrected chi connectivity index (χ1v) is 12.5. The summed E-state index contributed by atoms with van der Waals surface area (Å²) in [6.45, 7) is 3.24. The molecule has 8 heteroatoms. The number of rotatable bonds is 12. The number of fused-ring (bicyclic) bond motifs is 1. The van der Waals surface area contributed by atoms with Crippen LogP contribution in [-0.4, -0.2) is 43.6 Å². The number of benzene rings is 2. The maximum atomic E-state index is 13.1. The Hall–Kier alpha value is -3.81. The molecule has 0 radical (unpaired) electrons. The second-order valence-corrected chi connectivity index (χ2v) is 9.06. The Morgan fingerprint density at radius 3 is 2.53 bits per heavy atom. The molecule has 36 heavy (non-hydrogen) atoms. The second kappa shape index (κ2) is 11.7. The van der Waals surface area contributed by atoms with Gasteiger partial charge in [-0.2, -0.15) is 0 Å². The van der Waals surface area contributed by atoms with E-state index >= 15 is 0 Å².